The molecule has 0 amide bonds. The standard InChI is InChI=1S/C13H13O2/c1-8(2)13(15)9(3)11(12(13)14)10-6-4-5-7-10/h4-7,15H,1H2,2-3H3. The average molecular weight is 201 g/mol. The molecule has 0 heterocycles. The second-order valence-corrected chi connectivity index (χ2v) is 3.99. The zero-order valence-corrected chi connectivity index (χ0v) is 8.87. The fourth-order valence-corrected chi connectivity index (χ4v) is 2.04. The van der Waals surface area contributed by atoms with Gasteiger partial charge in [-0.25, -0.2) is 0 Å². The van der Waals surface area contributed by atoms with E-state index in [2.05, 4.69) is 6.58 Å². The summed E-state index contributed by atoms with van der Waals surface area (Å²) in [7, 11) is 0. The summed E-state index contributed by atoms with van der Waals surface area (Å²) in [5, 5.41) is 10.1. The van der Waals surface area contributed by atoms with Gasteiger partial charge in [-0.05, 0) is 50.7 Å². The lowest BCUT2D eigenvalue weighted by atomic mass is 9.65. The van der Waals surface area contributed by atoms with E-state index in [1.165, 1.54) is 0 Å². The summed E-state index contributed by atoms with van der Waals surface area (Å²) < 4.78 is 0. The molecule has 0 aliphatic heterocycles. The van der Waals surface area contributed by atoms with Gasteiger partial charge in [-0.1, -0.05) is 6.58 Å². The van der Waals surface area contributed by atoms with Crippen LogP contribution in [0.15, 0.2) is 23.3 Å². The number of carbonyl (C=O) groups is 1. The zero-order chi connectivity index (χ0) is 11.2. The topological polar surface area (TPSA) is 37.3 Å². The Kier molecular flexibility index (Phi) is 2.34. The van der Waals surface area contributed by atoms with Crippen LogP contribution >= 0.6 is 0 Å². The van der Waals surface area contributed by atoms with Gasteiger partial charge in [0.25, 0.3) is 0 Å². The first-order chi connectivity index (χ1) is 6.99. The van der Waals surface area contributed by atoms with Crippen molar-refractivity contribution in [2.24, 2.45) is 0 Å². The number of hydrogen-bond acceptors (Lipinski definition) is 2. The van der Waals surface area contributed by atoms with Crippen LogP contribution in [-0.2, 0) is 4.79 Å². The average Bonchev–Trinajstić information content (AvgIpc) is 2.69. The SMILES string of the molecule is C=C(C)C1(O)C(=O)C([C]2[CH][CH][CH][CH]2)=C1C. The van der Waals surface area contributed by atoms with Gasteiger partial charge in [0.15, 0.2) is 11.4 Å². The van der Waals surface area contributed by atoms with Crippen LogP contribution in [0, 0.1) is 31.6 Å². The van der Waals surface area contributed by atoms with Crippen LogP contribution in [-0.4, -0.2) is 16.5 Å². The number of ketones is 1. The molecule has 15 heavy (non-hydrogen) atoms. The number of carbonyl (C=O) groups excluding carboxylic acids is 1. The van der Waals surface area contributed by atoms with Crippen molar-refractivity contribution in [1.82, 2.24) is 0 Å². The van der Waals surface area contributed by atoms with Gasteiger partial charge < -0.3 is 5.11 Å². The molecule has 0 saturated heterocycles. The van der Waals surface area contributed by atoms with Crippen LogP contribution in [0.25, 0.3) is 0 Å². The Bertz CT molecular complexity index is 359. The summed E-state index contributed by atoms with van der Waals surface area (Å²) in [6, 6.07) is 0. The number of aliphatic hydroxyl groups is 1. The molecule has 0 aromatic carbocycles. The molecule has 2 rings (SSSR count). The minimum Gasteiger partial charge on any atom is -0.373 e. The third kappa shape index (κ3) is 1.24. The third-order valence-electron chi connectivity index (χ3n) is 3.04. The summed E-state index contributed by atoms with van der Waals surface area (Å²) in [4.78, 5) is 11.9. The van der Waals surface area contributed by atoms with Gasteiger partial charge in [0, 0.05) is 11.5 Å². The molecule has 0 aromatic rings. The molecule has 1 atom stereocenters. The van der Waals surface area contributed by atoms with Crippen molar-refractivity contribution in [2.45, 2.75) is 19.4 Å². The van der Waals surface area contributed by atoms with Crippen molar-refractivity contribution < 1.29 is 9.90 Å². The number of rotatable bonds is 2. The Labute approximate surface area is 90.7 Å². The van der Waals surface area contributed by atoms with Crippen molar-refractivity contribution >= 4 is 5.78 Å². The van der Waals surface area contributed by atoms with Crippen molar-refractivity contribution in [1.29, 1.82) is 0 Å². The molecule has 5 radical (unpaired) electrons. The molecule has 0 spiro atoms. The number of Topliss-reactive ketones (excluding diaryl/α,β-unsaturated/α-hetero) is 1. The molecule has 1 unspecified atom stereocenters. The largest absolute Gasteiger partial charge is 0.373 e. The van der Waals surface area contributed by atoms with Crippen LogP contribution in [0.2, 0.25) is 0 Å². The van der Waals surface area contributed by atoms with Crippen LogP contribution in [0.1, 0.15) is 13.8 Å². The molecule has 77 valence electrons. The van der Waals surface area contributed by atoms with E-state index in [0.29, 0.717) is 16.7 Å². The summed E-state index contributed by atoms with van der Waals surface area (Å²) in [6.45, 7) is 7.11. The molecule has 0 bridgehead atoms. The minimum absolute atomic E-state index is 0.237. The normalized spacial score (nSPS) is 32.1. The fourth-order valence-electron chi connectivity index (χ4n) is 2.04. The van der Waals surface area contributed by atoms with E-state index in [9.17, 15) is 9.90 Å². The minimum atomic E-state index is -1.42. The summed E-state index contributed by atoms with van der Waals surface area (Å²) in [5.41, 5.74) is 0.393. The maximum absolute atomic E-state index is 11.9. The second kappa shape index (κ2) is 3.31. The first kappa shape index (κ1) is 10.6. The first-order valence-electron chi connectivity index (χ1n) is 4.86. The van der Waals surface area contributed by atoms with Crippen molar-refractivity contribution in [3.8, 4) is 0 Å². The monoisotopic (exact) mass is 201 g/mol. The maximum Gasteiger partial charge on any atom is 0.199 e. The quantitative estimate of drug-likeness (QED) is 0.689. The smallest absolute Gasteiger partial charge is 0.199 e. The molecule has 1 saturated carbocycles. The lowest BCUT2D eigenvalue weighted by molar-refractivity contribution is -0.130. The highest BCUT2D eigenvalue weighted by Crippen LogP contribution is 2.46. The highest BCUT2D eigenvalue weighted by molar-refractivity contribution is 6.17. The zero-order valence-electron chi connectivity index (χ0n) is 8.87. The number of hydrogen-bond donors (Lipinski definition) is 1. The first-order valence-corrected chi connectivity index (χ1v) is 4.86. The van der Waals surface area contributed by atoms with Crippen molar-refractivity contribution in [3.05, 3.63) is 54.9 Å². The van der Waals surface area contributed by atoms with Crippen LogP contribution in [0.4, 0.5) is 0 Å². The predicted molar refractivity (Wildman–Crippen MR) is 57.9 cm³/mol. The molecular formula is C13H13O2. The van der Waals surface area contributed by atoms with Gasteiger partial charge in [-0.3, -0.25) is 4.79 Å². The summed E-state index contributed by atoms with van der Waals surface area (Å²) in [6.07, 6.45) is 7.49. The van der Waals surface area contributed by atoms with Gasteiger partial charge >= 0.3 is 0 Å². The van der Waals surface area contributed by atoms with E-state index >= 15 is 0 Å². The van der Waals surface area contributed by atoms with E-state index in [-0.39, 0.29) is 5.78 Å². The maximum atomic E-state index is 11.9. The molecule has 2 aliphatic rings. The van der Waals surface area contributed by atoms with E-state index in [1.54, 1.807) is 13.8 Å². The Hall–Kier alpha value is -0.890. The van der Waals surface area contributed by atoms with Gasteiger partial charge in [-0.2, -0.15) is 0 Å². The predicted octanol–water partition coefficient (Wildman–Crippen LogP) is 1.60. The fraction of sp³-hybridized carbons (Fsp3) is 0.231. The van der Waals surface area contributed by atoms with E-state index in [1.807, 2.05) is 25.7 Å². The van der Waals surface area contributed by atoms with Gasteiger partial charge in [-0.15, -0.1) is 0 Å². The van der Waals surface area contributed by atoms with E-state index in [0.717, 1.165) is 5.92 Å². The van der Waals surface area contributed by atoms with Crippen molar-refractivity contribution in [2.75, 3.05) is 0 Å². The van der Waals surface area contributed by atoms with Gasteiger partial charge in [0.05, 0.1) is 0 Å². The molecule has 2 heteroatoms. The van der Waals surface area contributed by atoms with Crippen LogP contribution in [0.5, 0.6) is 0 Å². The molecule has 0 aromatic heterocycles. The van der Waals surface area contributed by atoms with E-state index < -0.39 is 5.60 Å². The molecular weight excluding hydrogens is 188 g/mol. The second-order valence-electron chi connectivity index (χ2n) is 3.99. The summed E-state index contributed by atoms with van der Waals surface area (Å²) >= 11 is 0. The lowest BCUT2D eigenvalue weighted by Crippen LogP contribution is -2.52. The molecule has 2 aliphatic carbocycles. The molecule has 1 N–H and O–H groups in total. The molecule has 2 nitrogen and oxygen atoms in total. The summed E-state index contributed by atoms with van der Waals surface area (Å²) in [5.74, 6) is 0.641. The third-order valence-corrected chi connectivity index (χ3v) is 3.04. The Morgan fingerprint density at radius 1 is 1.40 bits per heavy atom. The van der Waals surface area contributed by atoms with Gasteiger partial charge in [0.2, 0.25) is 0 Å². The lowest BCUT2D eigenvalue weighted by Gasteiger charge is -2.41. The Morgan fingerprint density at radius 2 is 1.93 bits per heavy atom. The molecule has 1 fully saturated rings. The van der Waals surface area contributed by atoms with E-state index in [4.69, 9.17) is 0 Å². The highest BCUT2D eigenvalue weighted by Gasteiger charge is 2.53. The highest BCUT2D eigenvalue weighted by atomic mass is 16.3. The van der Waals surface area contributed by atoms with Crippen molar-refractivity contribution in [3.63, 3.8) is 0 Å². The van der Waals surface area contributed by atoms with Crippen LogP contribution in [0.3, 0.4) is 0 Å². The Balaban J connectivity index is 2.32. The van der Waals surface area contributed by atoms with Gasteiger partial charge in [0.1, 0.15) is 0 Å². The van der Waals surface area contributed by atoms with Crippen LogP contribution < -0.4 is 0 Å². The Morgan fingerprint density at radius 3 is 2.33 bits per heavy atom.